The van der Waals surface area contributed by atoms with Crippen molar-refractivity contribution in [3.63, 3.8) is 0 Å². The molecule has 0 aliphatic carbocycles. The van der Waals surface area contributed by atoms with Gasteiger partial charge in [-0.05, 0) is 11.5 Å². The molecule has 0 aliphatic rings. The van der Waals surface area contributed by atoms with E-state index in [0.717, 1.165) is 12.2 Å². The molecule has 1 aromatic heterocycles. The van der Waals surface area contributed by atoms with Crippen LogP contribution in [0, 0.1) is 0 Å². The summed E-state index contributed by atoms with van der Waals surface area (Å²) < 4.78 is 1.88. The lowest BCUT2D eigenvalue weighted by Crippen LogP contribution is -1.99. The first-order valence-electron chi connectivity index (χ1n) is 5.19. The van der Waals surface area contributed by atoms with Gasteiger partial charge in [-0.3, -0.25) is 0 Å². The molecule has 1 heterocycles. The van der Waals surface area contributed by atoms with Crippen molar-refractivity contribution in [3.05, 3.63) is 47.8 Å². The Morgan fingerprint density at radius 2 is 1.93 bits per heavy atom. The second kappa shape index (κ2) is 4.26. The summed E-state index contributed by atoms with van der Waals surface area (Å²) in [6.07, 6.45) is 2.01. The van der Waals surface area contributed by atoms with Gasteiger partial charge in [-0.25, -0.2) is 4.68 Å². The zero-order valence-corrected chi connectivity index (χ0v) is 9.09. The first-order valence-corrected chi connectivity index (χ1v) is 5.19. The molecule has 78 valence electrons. The van der Waals surface area contributed by atoms with Gasteiger partial charge < -0.3 is 0 Å². The molecule has 0 saturated carbocycles. The molecular formula is C12H15N3. The van der Waals surface area contributed by atoms with Gasteiger partial charge in [0, 0.05) is 6.20 Å². The van der Waals surface area contributed by atoms with Crippen LogP contribution in [0.2, 0.25) is 0 Å². The SMILES string of the molecule is CC(C)c1cn(Cc2ccccc2)nn1. The van der Waals surface area contributed by atoms with Crippen LogP contribution in [0.4, 0.5) is 0 Å². The van der Waals surface area contributed by atoms with Gasteiger partial charge in [-0.2, -0.15) is 0 Å². The summed E-state index contributed by atoms with van der Waals surface area (Å²) >= 11 is 0. The number of rotatable bonds is 3. The summed E-state index contributed by atoms with van der Waals surface area (Å²) in [6, 6.07) is 10.3. The molecule has 15 heavy (non-hydrogen) atoms. The highest BCUT2D eigenvalue weighted by molar-refractivity contribution is 5.15. The predicted octanol–water partition coefficient (Wildman–Crippen LogP) is 2.45. The fraction of sp³-hybridized carbons (Fsp3) is 0.333. The molecule has 0 aliphatic heterocycles. The summed E-state index contributed by atoms with van der Waals surface area (Å²) in [5.74, 6) is 0.439. The Labute approximate surface area is 89.7 Å². The van der Waals surface area contributed by atoms with E-state index < -0.39 is 0 Å². The molecule has 0 unspecified atom stereocenters. The van der Waals surface area contributed by atoms with E-state index >= 15 is 0 Å². The second-order valence-electron chi connectivity index (χ2n) is 3.98. The fourth-order valence-corrected chi connectivity index (χ4v) is 1.43. The maximum absolute atomic E-state index is 4.12. The van der Waals surface area contributed by atoms with Crippen LogP contribution in [0.3, 0.4) is 0 Å². The second-order valence-corrected chi connectivity index (χ2v) is 3.98. The van der Waals surface area contributed by atoms with Crippen LogP contribution in [-0.2, 0) is 6.54 Å². The molecule has 0 spiro atoms. The highest BCUT2D eigenvalue weighted by atomic mass is 15.4. The first kappa shape index (κ1) is 9.90. The lowest BCUT2D eigenvalue weighted by atomic mass is 10.1. The van der Waals surface area contributed by atoms with Gasteiger partial charge >= 0.3 is 0 Å². The highest BCUT2D eigenvalue weighted by Gasteiger charge is 2.04. The van der Waals surface area contributed by atoms with Gasteiger partial charge in [0.25, 0.3) is 0 Å². The fourth-order valence-electron chi connectivity index (χ4n) is 1.43. The Morgan fingerprint density at radius 3 is 2.53 bits per heavy atom. The molecule has 0 fully saturated rings. The number of hydrogen-bond acceptors (Lipinski definition) is 2. The van der Waals surface area contributed by atoms with Gasteiger partial charge in [0.1, 0.15) is 0 Å². The Balaban J connectivity index is 2.12. The third-order valence-electron chi connectivity index (χ3n) is 2.34. The van der Waals surface area contributed by atoms with Crippen molar-refractivity contribution < 1.29 is 0 Å². The number of nitrogens with zero attached hydrogens (tertiary/aromatic N) is 3. The van der Waals surface area contributed by atoms with Crippen LogP contribution in [0.25, 0.3) is 0 Å². The average Bonchev–Trinajstić information content (AvgIpc) is 2.68. The van der Waals surface area contributed by atoms with E-state index in [-0.39, 0.29) is 0 Å². The van der Waals surface area contributed by atoms with Crippen molar-refractivity contribution in [1.82, 2.24) is 15.0 Å². The van der Waals surface area contributed by atoms with Crippen molar-refractivity contribution in [2.24, 2.45) is 0 Å². The van der Waals surface area contributed by atoms with Gasteiger partial charge in [0.2, 0.25) is 0 Å². The Kier molecular flexibility index (Phi) is 2.81. The molecule has 0 amide bonds. The van der Waals surface area contributed by atoms with E-state index in [4.69, 9.17) is 0 Å². The number of benzene rings is 1. The summed E-state index contributed by atoms with van der Waals surface area (Å²) in [5.41, 5.74) is 2.30. The Hall–Kier alpha value is -1.64. The van der Waals surface area contributed by atoms with Gasteiger partial charge in [0.05, 0.1) is 12.2 Å². The average molecular weight is 201 g/mol. The normalized spacial score (nSPS) is 10.9. The topological polar surface area (TPSA) is 30.7 Å². The molecule has 0 radical (unpaired) electrons. The molecule has 0 atom stereocenters. The first-order chi connectivity index (χ1) is 7.25. The van der Waals surface area contributed by atoms with Crippen molar-refractivity contribution in [2.45, 2.75) is 26.3 Å². The summed E-state index contributed by atoms with van der Waals surface area (Å²) in [7, 11) is 0. The van der Waals surface area contributed by atoms with Gasteiger partial charge in [-0.15, -0.1) is 5.10 Å². The van der Waals surface area contributed by atoms with E-state index in [0.29, 0.717) is 5.92 Å². The lowest BCUT2D eigenvalue weighted by molar-refractivity contribution is 0.648. The Bertz CT molecular complexity index is 417. The lowest BCUT2D eigenvalue weighted by Gasteiger charge is -1.99. The van der Waals surface area contributed by atoms with Crippen molar-refractivity contribution in [3.8, 4) is 0 Å². The quantitative estimate of drug-likeness (QED) is 0.763. The van der Waals surface area contributed by atoms with Crippen LogP contribution < -0.4 is 0 Å². The Morgan fingerprint density at radius 1 is 1.20 bits per heavy atom. The third-order valence-corrected chi connectivity index (χ3v) is 2.34. The van der Waals surface area contributed by atoms with Crippen molar-refractivity contribution in [2.75, 3.05) is 0 Å². The summed E-state index contributed by atoms with van der Waals surface area (Å²) in [6.45, 7) is 5.04. The largest absolute Gasteiger partial charge is 0.248 e. The molecule has 0 N–H and O–H groups in total. The molecule has 3 nitrogen and oxygen atoms in total. The van der Waals surface area contributed by atoms with Crippen LogP contribution in [-0.4, -0.2) is 15.0 Å². The van der Waals surface area contributed by atoms with Crippen LogP contribution >= 0.6 is 0 Å². The maximum Gasteiger partial charge on any atom is 0.0852 e. The number of aromatic nitrogens is 3. The maximum atomic E-state index is 4.12. The van der Waals surface area contributed by atoms with E-state index in [1.165, 1.54) is 5.56 Å². The summed E-state index contributed by atoms with van der Waals surface area (Å²) in [4.78, 5) is 0. The van der Waals surface area contributed by atoms with Gasteiger partial charge in [0.15, 0.2) is 0 Å². The minimum absolute atomic E-state index is 0.439. The van der Waals surface area contributed by atoms with E-state index in [1.807, 2.05) is 29.1 Å². The van der Waals surface area contributed by atoms with E-state index in [9.17, 15) is 0 Å². The van der Waals surface area contributed by atoms with Crippen molar-refractivity contribution >= 4 is 0 Å². The molecule has 0 bridgehead atoms. The van der Waals surface area contributed by atoms with E-state index in [2.05, 4.69) is 36.3 Å². The zero-order valence-electron chi connectivity index (χ0n) is 9.09. The monoisotopic (exact) mass is 201 g/mol. The highest BCUT2D eigenvalue weighted by Crippen LogP contribution is 2.10. The van der Waals surface area contributed by atoms with Crippen LogP contribution in [0.1, 0.15) is 31.0 Å². The smallest absolute Gasteiger partial charge is 0.0852 e. The zero-order chi connectivity index (χ0) is 10.7. The molecule has 0 saturated heterocycles. The predicted molar refractivity (Wildman–Crippen MR) is 59.7 cm³/mol. The molecule has 3 heteroatoms. The third kappa shape index (κ3) is 2.43. The number of hydrogen-bond donors (Lipinski definition) is 0. The van der Waals surface area contributed by atoms with E-state index in [1.54, 1.807) is 0 Å². The molecular weight excluding hydrogens is 186 g/mol. The summed E-state index contributed by atoms with van der Waals surface area (Å²) in [5, 5.41) is 8.22. The standard InChI is InChI=1S/C12H15N3/c1-10(2)12-9-15(14-13-12)8-11-6-4-3-5-7-11/h3-7,9-10H,8H2,1-2H3. The van der Waals surface area contributed by atoms with Gasteiger partial charge in [-0.1, -0.05) is 49.4 Å². The minimum atomic E-state index is 0.439. The van der Waals surface area contributed by atoms with Crippen LogP contribution in [0.15, 0.2) is 36.5 Å². The molecule has 1 aromatic carbocycles. The minimum Gasteiger partial charge on any atom is -0.248 e. The van der Waals surface area contributed by atoms with Crippen molar-refractivity contribution in [1.29, 1.82) is 0 Å². The molecule has 2 rings (SSSR count). The van der Waals surface area contributed by atoms with Crippen LogP contribution in [0.5, 0.6) is 0 Å². The molecule has 2 aromatic rings.